The zero-order valence-corrected chi connectivity index (χ0v) is 17.0. The highest BCUT2D eigenvalue weighted by molar-refractivity contribution is 5.96. The highest BCUT2D eigenvalue weighted by atomic mass is 19.1. The third-order valence-corrected chi connectivity index (χ3v) is 4.31. The molecule has 0 aliphatic heterocycles. The summed E-state index contributed by atoms with van der Waals surface area (Å²) < 4.78 is 23.7. The molecule has 5 nitrogen and oxygen atoms in total. The average Bonchev–Trinajstić information content (AvgIpc) is 2.79. The largest absolute Gasteiger partial charge is 0.489 e. The minimum Gasteiger partial charge on any atom is -0.489 e. The first-order valence-corrected chi connectivity index (χ1v) is 9.71. The molecular formula is C25H22FNO4. The van der Waals surface area contributed by atoms with Crippen molar-refractivity contribution in [3.8, 4) is 5.75 Å². The molecule has 31 heavy (non-hydrogen) atoms. The molecule has 3 rings (SSSR count). The fourth-order valence-corrected chi connectivity index (χ4v) is 2.62. The summed E-state index contributed by atoms with van der Waals surface area (Å²) in [6.45, 7) is 1.93. The quantitative estimate of drug-likeness (QED) is 0.413. The summed E-state index contributed by atoms with van der Waals surface area (Å²) in [4.78, 5) is 24.2. The van der Waals surface area contributed by atoms with Crippen molar-refractivity contribution >= 4 is 23.6 Å². The van der Waals surface area contributed by atoms with Crippen molar-refractivity contribution in [2.75, 3.05) is 5.32 Å². The van der Waals surface area contributed by atoms with Crippen molar-refractivity contribution in [2.45, 2.75) is 19.6 Å². The minimum atomic E-state index is -0.987. The maximum absolute atomic E-state index is 12.9. The molecule has 158 valence electrons. The number of anilines is 1. The van der Waals surface area contributed by atoms with Gasteiger partial charge in [0.15, 0.2) is 6.10 Å². The number of ether oxygens (including phenoxy) is 2. The van der Waals surface area contributed by atoms with Crippen LogP contribution in [0.1, 0.15) is 18.1 Å². The topological polar surface area (TPSA) is 64.6 Å². The molecule has 1 amide bonds. The lowest BCUT2D eigenvalue weighted by atomic mass is 10.2. The molecule has 0 unspecified atom stereocenters. The van der Waals surface area contributed by atoms with Gasteiger partial charge in [-0.15, -0.1) is 0 Å². The van der Waals surface area contributed by atoms with E-state index in [0.717, 1.165) is 5.56 Å². The Morgan fingerprint density at radius 1 is 0.968 bits per heavy atom. The number of hydrogen-bond donors (Lipinski definition) is 1. The van der Waals surface area contributed by atoms with Gasteiger partial charge in [0.05, 0.1) is 0 Å². The highest BCUT2D eigenvalue weighted by Gasteiger charge is 2.16. The van der Waals surface area contributed by atoms with Crippen LogP contribution in [-0.4, -0.2) is 18.0 Å². The Morgan fingerprint density at radius 2 is 1.65 bits per heavy atom. The lowest BCUT2D eigenvalue weighted by Gasteiger charge is -2.13. The third-order valence-electron chi connectivity index (χ3n) is 4.31. The second-order valence-electron chi connectivity index (χ2n) is 6.75. The van der Waals surface area contributed by atoms with Crippen molar-refractivity contribution < 1.29 is 23.5 Å². The molecule has 0 heterocycles. The van der Waals surface area contributed by atoms with Crippen LogP contribution < -0.4 is 10.1 Å². The molecule has 0 spiro atoms. The van der Waals surface area contributed by atoms with E-state index in [-0.39, 0.29) is 5.82 Å². The van der Waals surface area contributed by atoms with E-state index in [2.05, 4.69) is 5.32 Å². The second kappa shape index (κ2) is 10.7. The standard InChI is InChI=1S/C25H22FNO4/c1-18(31-24(28)16-9-19-7-10-21(26)11-8-19)25(29)27-22-12-14-23(15-13-22)30-17-20-5-3-2-4-6-20/h2-16,18H,17H2,1H3,(H,27,29)/b16-9+/t18-/m1/s1. The molecule has 3 aromatic carbocycles. The zero-order chi connectivity index (χ0) is 22.1. The smallest absolute Gasteiger partial charge is 0.331 e. The van der Waals surface area contributed by atoms with Gasteiger partial charge in [0.1, 0.15) is 18.2 Å². The first-order chi connectivity index (χ1) is 15.0. The van der Waals surface area contributed by atoms with Crippen molar-refractivity contribution in [2.24, 2.45) is 0 Å². The molecule has 0 saturated carbocycles. The SMILES string of the molecule is C[C@@H](OC(=O)/C=C/c1ccc(F)cc1)C(=O)Nc1ccc(OCc2ccccc2)cc1. The summed E-state index contributed by atoms with van der Waals surface area (Å²) >= 11 is 0. The Balaban J connectivity index is 1.46. The second-order valence-corrected chi connectivity index (χ2v) is 6.75. The van der Waals surface area contributed by atoms with Gasteiger partial charge in [0.2, 0.25) is 0 Å². The Kier molecular flexibility index (Phi) is 7.54. The number of hydrogen-bond acceptors (Lipinski definition) is 4. The van der Waals surface area contributed by atoms with Gasteiger partial charge in [-0.2, -0.15) is 0 Å². The molecule has 1 atom stereocenters. The maximum atomic E-state index is 12.9. The molecule has 0 radical (unpaired) electrons. The lowest BCUT2D eigenvalue weighted by Crippen LogP contribution is -2.29. The third kappa shape index (κ3) is 7.12. The van der Waals surface area contributed by atoms with E-state index in [1.807, 2.05) is 30.3 Å². The number of esters is 1. The van der Waals surface area contributed by atoms with Gasteiger partial charge in [-0.25, -0.2) is 9.18 Å². The van der Waals surface area contributed by atoms with Crippen LogP contribution in [0.3, 0.4) is 0 Å². The number of carbonyl (C=O) groups excluding carboxylic acids is 2. The fraction of sp³-hybridized carbons (Fsp3) is 0.120. The zero-order valence-electron chi connectivity index (χ0n) is 17.0. The molecule has 3 aromatic rings. The van der Waals surface area contributed by atoms with Crippen molar-refractivity contribution in [3.05, 3.63) is 102 Å². The van der Waals surface area contributed by atoms with E-state index in [0.29, 0.717) is 23.6 Å². The van der Waals surface area contributed by atoms with Gasteiger partial charge in [0.25, 0.3) is 5.91 Å². The Bertz CT molecular complexity index is 1030. The summed E-state index contributed by atoms with van der Waals surface area (Å²) in [5, 5.41) is 2.69. The van der Waals surface area contributed by atoms with Crippen LogP contribution in [0.15, 0.2) is 84.9 Å². The molecule has 0 saturated heterocycles. The monoisotopic (exact) mass is 419 g/mol. The molecule has 6 heteroatoms. The van der Waals surface area contributed by atoms with E-state index in [1.165, 1.54) is 43.3 Å². The summed E-state index contributed by atoms with van der Waals surface area (Å²) in [6.07, 6.45) is 1.69. The Labute approximate surface area is 180 Å². The van der Waals surface area contributed by atoms with E-state index in [4.69, 9.17) is 9.47 Å². The normalized spacial score (nSPS) is 11.7. The summed E-state index contributed by atoms with van der Waals surface area (Å²) in [6, 6.07) is 22.4. The van der Waals surface area contributed by atoms with E-state index >= 15 is 0 Å². The van der Waals surface area contributed by atoms with Crippen molar-refractivity contribution in [1.82, 2.24) is 0 Å². The number of nitrogens with one attached hydrogen (secondary N) is 1. The van der Waals surface area contributed by atoms with Crippen LogP contribution in [0, 0.1) is 5.82 Å². The number of amides is 1. The molecule has 0 aliphatic rings. The van der Waals surface area contributed by atoms with Gasteiger partial charge in [-0.1, -0.05) is 42.5 Å². The number of carbonyl (C=O) groups is 2. The molecular weight excluding hydrogens is 397 g/mol. The Hall–Kier alpha value is -3.93. The van der Waals surface area contributed by atoms with E-state index < -0.39 is 18.0 Å². The minimum absolute atomic E-state index is 0.360. The molecule has 0 aliphatic carbocycles. The van der Waals surface area contributed by atoms with Gasteiger partial charge in [-0.3, -0.25) is 4.79 Å². The van der Waals surface area contributed by atoms with Crippen LogP contribution >= 0.6 is 0 Å². The average molecular weight is 419 g/mol. The number of rotatable bonds is 8. The van der Waals surface area contributed by atoms with Crippen molar-refractivity contribution in [3.63, 3.8) is 0 Å². The van der Waals surface area contributed by atoms with Gasteiger partial charge >= 0.3 is 5.97 Å². The number of halogens is 1. The van der Waals surface area contributed by atoms with Gasteiger partial charge in [0, 0.05) is 11.8 Å². The van der Waals surface area contributed by atoms with Crippen LogP contribution in [0.2, 0.25) is 0 Å². The summed E-state index contributed by atoms with van der Waals surface area (Å²) in [5.74, 6) is -0.814. The number of benzene rings is 3. The van der Waals surface area contributed by atoms with Crippen LogP contribution in [-0.2, 0) is 20.9 Å². The predicted molar refractivity (Wildman–Crippen MR) is 117 cm³/mol. The molecule has 0 bridgehead atoms. The first-order valence-electron chi connectivity index (χ1n) is 9.71. The van der Waals surface area contributed by atoms with Crippen LogP contribution in [0.4, 0.5) is 10.1 Å². The van der Waals surface area contributed by atoms with Crippen molar-refractivity contribution in [1.29, 1.82) is 0 Å². The summed E-state index contributed by atoms with van der Waals surface area (Å²) in [5.41, 5.74) is 2.26. The highest BCUT2D eigenvalue weighted by Crippen LogP contribution is 2.17. The first kappa shape index (κ1) is 21.8. The molecule has 0 aromatic heterocycles. The summed E-state index contributed by atoms with van der Waals surface area (Å²) in [7, 11) is 0. The van der Waals surface area contributed by atoms with E-state index in [9.17, 15) is 14.0 Å². The molecule has 0 fully saturated rings. The molecule has 1 N–H and O–H groups in total. The van der Waals surface area contributed by atoms with Crippen LogP contribution in [0.25, 0.3) is 6.08 Å². The van der Waals surface area contributed by atoms with Gasteiger partial charge < -0.3 is 14.8 Å². The van der Waals surface area contributed by atoms with E-state index in [1.54, 1.807) is 24.3 Å². The Morgan fingerprint density at radius 3 is 2.32 bits per heavy atom. The predicted octanol–water partition coefficient (Wildman–Crippen LogP) is 4.99. The lowest BCUT2D eigenvalue weighted by molar-refractivity contribution is -0.148. The maximum Gasteiger partial charge on any atom is 0.331 e. The van der Waals surface area contributed by atoms with Crippen LogP contribution in [0.5, 0.6) is 5.75 Å². The fourth-order valence-electron chi connectivity index (χ4n) is 2.62. The van der Waals surface area contributed by atoms with Gasteiger partial charge in [-0.05, 0) is 60.5 Å².